The highest BCUT2D eigenvalue weighted by atomic mass is 16.2. The topological polar surface area (TPSA) is 58.4 Å². The first-order valence-corrected chi connectivity index (χ1v) is 6.86. The summed E-state index contributed by atoms with van der Waals surface area (Å²) in [7, 11) is 2.16. The maximum atomic E-state index is 12.0. The van der Waals surface area contributed by atoms with E-state index in [1.54, 1.807) is 0 Å². The van der Waals surface area contributed by atoms with E-state index in [0.717, 1.165) is 19.6 Å². The number of nitrogens with zero attached hydrogens (tertiary/aromatic N) is 1. The SMILES string of the molecule is CN1CCC(C(C)(C)CNC(=O)C(C)(C)CN)C1. The van der Waals surface area contributed by atoms with Crippen LogP contribution in [0, 0.1) is 16.7 Å². The Kier molecular flexibility index (Phi) is 4.78. The third kappa shape index (κ3) is 3.69. The minimum atomic E-state index is -0.470. The average Bonchev–Trinajstić information content (AvgIpc) is 2.73. The molecular formula is C14H29N3O. The fourth-order valence-corrected chi connectivity index (χ4v) is 2.36. The van der Waals surface area contributed by atoms with Crippen molar-refractivity contribution < 1.29 is 4.79 Å². The molecule has 4 nitrogen and oxygen atoms in total. The fourth-order valence-electron chi connectivity index (χ4n) is 2.36. The van der Waals surface area contributed by atoms with E-state index in [1.165, 1.54) is 6.42 Å². The Balaban J connectivity index is 2.49. The van der Waals surface area contributed by atoms with Gasteiger partial charge in [-0.05, 0) is 45.2 Å². The molecular weight excluding hydrogens is 226 g/mol. The highest BCUT2D eigenvalue weighted by Gasteiger charge is 2.35. The van der Waals surface area contributed by atoms with Gasteiger partial charge in [-0.1, -0.05) is 13.8 Å². The summed E-state index contributed by atoms with van der Waals surface area (Å²) in [5.74, 6) is 0.716. The van der Waals surface area contributed by atoms with Crippen LogP contribution < -0.4 is 11.1 Å². The number of amides is 1. The summed E-state index contributed by atoms with van der Waals surface area (Å²) >= 11 is 0. The molecule has 1 heterocycles. The fraction of sp³-hybridized carbons (Fsp3) is 0.929. The van der Waals surface area contributed by atoms with E-state index >= 15 is 0 Å². The molecule has 0 aromatic carbocycles. The summed E-state index contributed by atoms with van der Waals surface area (Å²) < 4.78 is 0. The van der Waals surface area contributed by atoms with Crippen LogP contribution in [0.1, 0.15) is 34.1 Å². The highest BCUT2D eigenvalue weighted by molar-refractivity contribution is 5.82. The molecule has 1 fully saturated rings. The van der Waals surface area contributed by atoms with Gasteiger partial charge in [-0.15, -0.1) is 0 Å². The van der Waals surface area contributed by atoms with E-state index in [4.69, 9.17) is 5.73 Å². The van der Waals surface area contributed by atoms with Crippen molar-refractivity contribution >= 4 is 5.91 Å². The van der Waals surface area contributed by atoms with E-state index in [9.17, 15) is 4.79 Å². The second kappa shape index (κ2) is 5.57. The zero-order valence-electron chi connectivity index (χ0n) is 12.5. The van der Waals surface area contributed by atoms with Gasteiger partial charge < -0.3 is 16.0 Å². The lowest BCUT2D eigenvalue weighted by atomic mass is 9.78. The molecule has 0 aromatic rings. The molecule has 0 aromatic heterocycles. The lowest BCUT2D eigenvalue weighted by Gasteiger charge is -2.33. The largest absolute Gasteiger partial charge is 0.355 e. The first kappa shape index (κ1) is 15.4. The van der Waals surface area contributed by atoms with Crippen molar-refractivity contribution in [2.24, 2.45) is 22.5 Å². The van der Waals surface area contributed by atoms with Crippen LogP contribution in [0.3, 0.4) is 0 Å². The van der Waals surface area contributed by atoms with Crippen LogP contribution in [-0.4, -0.2) is 44.0 Å². The van der Waals surface area contributed by atoms with Crippen LogP contribution in [0.2, 0.25) is 0 Å². The van der Waals surface area contributed by atoms with Crippen molar-refractivity contribution in [2.75, 3.05) is 33.2 Å². The first-order valence-electron chi connectivity index (χ1n) is 6.86. The molecule has 1 saturated heterocycles. The lowest BCUT2D eigenvalue weighted by Crippen LogP contribution is -2.46. The highest BCUT2D eigenvalue weighted by Crippen LogP contribution is 2.33. The minimum absolute atomic E-state index is 0.0597. The summed E-state index contributed by atoms with van der Waals surface area (Å²) in [6.45, 7) is 11.7. The van der Waals surface area contributed by atoms with Crippen molar-refractivity contribution in [3.05, 3.63) is 0 Å². The summed E-state index contributed by atoms with van der Waals surface area (Å²) in [6, 6.07) is 0. The van der Waals surface area contributed by atoms with Gasteiger partial charge in [-0.25, -0.2) is 0 Å². The van der Waals surface area contributed by atoms with Crippen molar-refractivity contribution in [3.8, 4) is 0 Å². The van der Waals surface area contributed by atoms with Gasteiger partial charge in [0.2, 0.25) is 5.91 Å². The van der Waals surface area contributed by atoms with Crippen molar-refractivity contribution in [1.82, 2.24) is 10.2 Å². The Morgan fingerprint density at radius 2 is 2.00 bits per heavy atom. The molecule has 4 heteroatoms. The Bertz CT molecular complexity index is 299. The van der Waals surface area contributed by atoms with Crippen molar-refractivity contribution in [2.45, 2.75) is 34.1 Å². The third-order valence-electron chi connectivity index (χ3n) is 4.33. The molecule has 18 heavy (non-hydrogen) atoms. The molecule has 3 N–H and O–H groups in total. The molecule has 1 amide bonds. The van der Waals surface area contributed by atoms with Gasteiger partial charge in [0.1, 0.15) is 0 Å². The van der Waals surface area contributed by atoms with Crippen molar-refractivity contribution in [1.29, 1.82) is 0 Å². The Hall–Kier alpha value is -0.610. The quantitative estimate of drug-likeness (QED) is 0.772. The van der Waals surface area contributed by atoms with Crippen LogP contribution in [-0.2, 0) is 4.79 Å². The standard InChI is InChI=1S/C14H29N3O/c1-13(2,9-15)12(18)16-10-14(3,4)11-6-7-17(5)8-11/h11H,6-10,15H2,1-5H3,(H,16,18). The van der Waals surface area contributed by atoms with Crippen LogP contribution in [0.5, 0.6) is 0 Å². The molecule has 0 bridgehead atoms. The monoisotopic (exact) mass is 255 g/mol. The second-order valence-electron chi connectivity index (χ2n) is 7.01. The van der Waals surface area contributed by atoms with Crippen LogP contribution in [0.15, 0.2) is 0 Å². The Labute approximate surface area is 111 Å². The van der Waals surface area contributed by atoms with E-state index in [0.29, 0.717) is 12.5 Å². The van der Waals surface area contributed by atoms with Gasteiger partial charge in [0.25, 0.3) is 0 Å². The van der Waals surface area contributed by atoms with E-state index in [-0.39, 0.29) is 11.3 Å². The van der Waals surface area contributed by atoms with E-state index in [2.05, 4.69) is 31.1 Å². The summed E-state index contributed by atoms with van der Waals surface area (Å²) in [4.78, 5) is 14.4. The number of carbonyl (C=O) groups is 1. The zero-order valence-corrected chi connectivity index (χ0v) is 12.5. The Morgan fingerprint density at radius 1 is 1.39 bits per heavy atom. The molecule has 0 saturated carbocycles. The molecule has 1 rings (SSSR count). The van der Waals surface area contributed by atoms with Crippen LogP contribution >= 0.6 is 0 Å². The normalized spacial score (nSPS) is 22.2. The number of hydrogen-bond acceptors (Lipinski definition) is 3. The summed E-state index contributed by atoms with van der Waals surface area (Å²) in [5, 5.41) is 3.07. The third-order valence-corrected chi connectivity index (χ3v) is 4.33. The van der Waals surface area contributed by atoms with Gasteiger partial charge in [0.05, 0.1) is 5.41 Å². The van der Waals surface area contributed by atoms with Gasteiger partial charge in [-0.2, -0.15) is 0 Å². The molecule has 1 unspecified atom stereocenters. The van der Waals surface area contributed by atoms with E-state index < -0.39 is 5.41 Å². The van der Waals surface area contributed by atoms with E-state index in [1.807, 2.05) is 13.8 Å². The van der Waals surface area contributed by atoms with Gasteiger partial charge in [-0.3, -0.25) is 4.79 Å². The predicted molar refractivity (Wildman–Crippen MR) is 75.2 cm³/mol. The summed E-state index contributed by atoms with van der Waals surface area (Å²) in [6.07, 6.45) is 1.22. The average molecular weight is 255 g/mol. The smallest absolute Gasteiger partial charge is 0.226 e. The summed E-state index contributed by atoms with van der Waals surface area (Å²) in [5.41, 5.74) is 5.29. The number of carbonyl (C=O) groups excluding carboxylic acids is 1. The molecule has 1 aliphatic rings. The molecule has 0 spiro atoms. The van der Waals surface area contributed by atoms with Gasteiger partial charge >= 0.3 is 0 Å². The van der Waals surface area contributed by atoms with Crippen molar-refractivity contribution in [3.63, 3.8) is 0 Å². The van der Waals surface area contributed by atoms with Crippen LogP contribution in [0.4, 0.5) is 0 Å². The number of nitrogens with one attached hydrogen (secondary N) is 1. The second-order valence-corrected chi connectivity index (χ2v) is 7.01. The first-order chi connectivity index (χ1) is 8.19. The zero-order chi connectivity index (χ0) is 14.0. The molecule has 1 atom stereocenters. The van der Waals surface area contributed by atoms with Gasteiger partial charge in [0.15, 0.2) is 0 Å². The Morgan fingerprint density at radius 3 is 2.44 bits per heavy atom. The number of likely N-dealkylation sites (tertiary alicyclic amines) is 1. The number of rotatable bonds is 5. The number of nitrogens with two attached hydrogens (primary N) is 1. The molecule has 0 radical (unpaired) electrons. The molecule has 106 valence electrons. The maximum absolute atomic E-state index is 12.0. The predicted octanol–water partition coefficient (Wildman–Crippen LogP) is 1.07. The molecule has 1 aliphatic heterocycles. The van der Waals surface area contributed by atoms with Crippen LogP contribution in [0.25, 0.3) is 0 Å². The number of hydrogen-bond donors (Lipinski definition) is 2. The molecule has 0 aliphatic carbocycles. The lowest BCUT2D eigenvalue weighted by molar-refractivity contribution is -0.129. The van der Waals surface area contributed by atoms with Gasteiger partial charge in [0, 0.05) is 19.6 Å². The minimum Gasteiger partial charge on any atom is -0.355 e. The maximum Gasteiger partial charge on any atom is 0.226 e.